The van der Waals surface area contributed by atoms with Crippen LogP contribution in [0.2, 0.25) is 0 Å². The summed E-state index contributed by atoms with van der Waals surface area (Å²) in [5.41, 5.74) is -0.383. The number of hydrogen-bond donors (Lipinski definition) is 2. The molecule has 1 aromatic heterocycles. The Kier molecular flexibility index (Phi) is 2.33. The highest BCUT2D eigenvalue weighted by molar-refractivity contribution is 5.09. The first-order valence-corrected chi connectivity index (χ1v) is 5.02. The highest BCUT2D eigenvalue weighted by Crippen LogP contribution is 2.38. The molecular weight excluding hydrogens is 180 g/mol. The highest BCUT2D eigenvalue weighted by atomic mass is 16.3. The van der Waals surface area contributed by atoms with Crippen molar-refractivity contribution >= 4 is 0 Å². The van der Waals surface area contributed by atoms with E-state index in [1.165, 1.54) is 0 Å². The Bertz CT molecular complexity index is 316. The van der Waals surface area contributed by atoms with Gasteiger partial charge in [0.2, 0.25) is 0 Å². The quantitative estimate of drug-likeness (QED) is 0.734. The van der Waals surface area contributed by atoms with Crippen molar-refractivity contribution < 1.29 is 10.2 Å². The van der Waals surface area contributed by atoms with Gasteiger partial charge < -0.3 is 10.2 Å². The number of rotatable bonds is 2. The van der Waals surface area contributed by atoms with Gasteiger partial charge in [-0.3, -0.25) is 4.68 Å². The average molecular weight is 196 g/mol. The van der Waals surface area contributed by atoms with E-state index in [1.807, 2.05) is 0 Å². The topological polar surface area (TPSA) is 58.3 Å². The molecule has 0 saturated heterocycles. The molecule has 78 valence electrons. The smallest absolute Gasteiger partial charge is 0.126 e. The minimum atomic E-state index is -0.950. The van der Waals surface area contributed by atoms with Gasteiger partial charge in [0, 0.05) is 13.2 Å². The van der Waals surface area contributed by atoms with Crippen molar-refractivity contribution in [2.75, 3.05) is 0 Å². The highest BCUT2D eigenvalue weighted by Gasteiger charge is 2.40. The molecule has 0 bridgehead atoms. The Morgan fingerprint density at radius 1 is 1.50 bits per heavy atom. The third kappa shape index (κ3) is 1.55. The van der Waals surface area contributed by atoms with Crippen LogP contribution in [0.5, 0.6) is 0 Å². The van der Waals surface area contributed by atoms with E-state index in [-0.39, 0.29) is 0 Å². The Morgan fingerprint density at radius 2 is 2.14 bits per heavy atom. The zero-order valence-electron chi connectivity index (χ0n) is 8.35. The van der Waals surface area contributed by atoms with E-state index in [9.17, 15) is 10.2 Å². The van der Waals surface area contributed by atoms with E-state index < -0.39 is 11.7 Å². The molecule has 0 amide bonds. The summed E-state index contributed by atoms with van der Waals surface area (Å²) in [6.45, 7) is 0. The minimum Gasteiger partial charge on any atom is -0.387 e. The molecular formula is C10H16N2O2. The van der Waals surface area contributed by atoms with Crippen LogP contribution in [0, 0.1) is 0 Å². The van der Waals surface area contributed by atoms with Crippen molar-refractivity contribution in [2.45, 2.75) is 37.4 Å². The van der Waals surface area contributed by atoms with Crippen LogP contribution in [-0.4, -0.2) is 25.6 Å². The molecule has 4 nitrogen and oxygen atoms in total. The number of nitrogens with zero attached hydrogens (tertiary/aromatic N) is 2. The maximum Gasteiger partial charge on any atom is 0.126 e. The Morgan fingerprint density at radius 3 is 2.64 bits per heavy atom. The molecule has 1 heterocycles. The van der Waals surface area contributed by atoms with Gasteiger partial charge in [0.25, 0.3) is 0 Å². The van der Waals surface area contributed by atoms with Crippen LogP contribution in [0.1, 0.15) is 37.5 Å². The third-order valence-corrected chi connectivity index (χ3v) is 2.99. The van der Waals surface area contributed by atoms with E-state index in [2.05, 4.69) is 5.10 Å². The Balaban J connectivity index is 2.18. The van der Waals surface area contributed by atoms with Crippen LogP contribution in [0.4, 0.5) is 0 Å². The fourth-order valence-electron chi connectivity index (χ4n) is 2.11. The second-order valence-electron chi connectivity index (χ2n) is 4.13. The summed E-state index contributed by atoms with van der Waals surface area (Å²) >= 11 is 0. The van der Waals surface area contributed by atoms with Crippen molar-refractivity contribution in [1.29, 1.82) is 0 Å². The predicted octanol–water partition coefficient (Wildman–Crippen LogP) is 0.759. The molecule has 2 N–H and O–H groups in total. The minimum absolute atomic E-state index is 0.567. The van der Waals surface area contributed by atoms with Crippen LogP contribution in [-0.2, 0) is 7.05 Å². The lowest BCUT2D eigenvalue weighted by Gasteiger charge is -2.26. The number of aliphatic hydroxyl groups excluding tert-OH is 1. The van der Waals surface area contributed by atoms with E-state index in [4.69, 9.17) is 0 Å². The van der Waals surface area contributed by atoms with Crippen LogP contribution >= 0.6 is 0 Å². The summed E-state index contributed by atoms with van der Waals surface area (Å²) in [6.07, 6.45) is 4.25. The van der Waals surface area contributed by atoms with Gasteiger partial charge in [-0.05, 0) is 18.9 Å². The fraction of sp³-hybridized carbons (Fsp3) is 0.700. The van der Waals surface area contributed by atoms with Gasteiger partial charge in [0.1, 0.15) is 6.10 Å². The molecule has 1 aromatic rings. The van der Waals surface area contributed by atoms with Gasteiger partial charge >= 0.3 is 0 Å². The van der Waals surface area contributed by atoms with E-state index >= 15 is 0 Å². The lowest BCUT2D eigenvalue weighted by Crippen LogP contribution is -2.33. The largest absolute Gasteiger partial charge is 0.387 e. The van der Waals surface area contributed by atoms with Gasteiger partial charge in [-0.1, -0.05) is 12.8 Å². The second kappa shape index (κ2) is 3.37. The molecule has 1 saturated carbocycles. The van der Waals surface area contributed by atoms with Crippen molar-refractivity contribution in [2.24, 2.45) is 7.05 Å². The van der Waals surface area contributed by atoms with Gasteiger partial charge in [-0.15, -0.1) is 0 Å². The normalized spacial score (nSPS) is 22.5. The molecule has 1 aliphatic rings. The molecule has 1 atom stereocenters. The van der Waals surface area contributed by atoms with E-state index in [1.54, 1.807) is 24.0 Å². The van der Waals surface area contributed by atoms with Crippen molar-refractivity contribution in [3.8, 4) is 0 Å². The fourth-order valence-corrected chi connectivity index (χ4v) is 2.11. The molecule has 0 aliphatic heterocycles. The lowest BCUT2D eigenvalue weighted by atomic mass is 9.93. The Labute approximate surface area is 83.2 Å². The van der Waals surface area contributed by atoms with Crippen molar-refractivity contribution in [1.82, 2.24) is 9.78 Å². The van der Waals surface area contributed by atoms with Crippen LogP contribution in [0.15, 0.2) is 12.3 Å². The Hall–Kier alpha value is -0.870. The summed E-state index contributed by atoms with van der Waals surface area (Å²) in [4.78, 5) is 0. The van der Waals surface area contributed by atoms with E-state index in [0.29, 0.717) is 18.5 Å². The molecule has 0 spiro atoms. The average Bonchev–Trinajstić information content (AvgIpc) is 2.74. The molecule has 0 aromatic carbocycles. The van der Waals surface area contributed by atoms with Gasteiger partial charge in [-0.2, -0.15) is 5.10 Å². The molecule has 0 radical (unpaired) electrons. The number of hydrogen-bond acceptors (Lipinski definition) is 3. The molecule has 4 heteroatoms. The number of aliphatic hydroxyl groups is 2. The molecule has 2 rings (SSSR count). The standard InChI is InChI=1S/C10H16N2O2/c1-12-7-4-8(11-12)9(13)10(14)5-2-3-6-10/h4,7,9,13-14H,2-3,5-6H2,1H3. The summed E-state index contributed by atoms with van der Waals surface area (Å²) < 4.78 is 1.64. The van der Waals surface area contributed by atoms with Crippen LogP contribution in [0.3, 0.4) is 0 Å². The second-order valence-corrected chi connectivity index (χ2v) is 4.13. The first-order valence-electron chi connectivity index (χ1n) is 5.02. The summed E-state index contributed by atoms with van der Waals surface area (Å²) in [5, 5.41) is 24.2. The lowest BCUT2D eigenvalue weighted by molar-refractivity contribution is -0.0739. The zero-order valence-corrected chi connectivity index (χ0v) is 8.35. The summed E-state index contributed by atoms with van der Waals surface area (Å²) in [7, 11) is 1.80. The van der Waals surface area contributed by atoms with Crippen LogP contribution < -0.4 is 0 Å². The number of aryl methyl sites for hydroxylation is 1. The van der Waals surface area contributed by atoms with Crippen LogP contribution in [0.25, 0.3) is 0 Å². The monoisotopic (exact) mass is 196 g/mol. The predicted molar refractivity (Wildman–Crippen MR) is 51.6 cm³/mol. The van der Waals surface area contributed by atoms with Gasteiger partial charge in [0.05, 0.1) is 11.3 Å². The molecule has 1 aliphatic carbocycles. The molecule has 1 unspecified atom stereocenters. The SMILES string of the molecule is Cn1ccc(C(O)C2(O)CCCC2)n1. The van der Waals surface area contributed by atoms with Gasteiger partial charge in [0.15, 0.2) is 0 Å². The zero-order chi connectivity index (χ0) is 10.2. The molecule has 1 fully saturated rings. The maximum atomic E-state index is 10.1. The first kappa shape index (κ1) is 9.68. The third-order valence-electron chi connectivity index (χ3n) is 2.99. The van der Waals surface area contributed by atoms with Crippen molar-refractivity contribution in [3.05, 3.63) is 18.0 Å². The van der Waals surface area contributed by atoms with E-state index in [0.717, 1.165) is 12.8 Å². The maximum absolute atomic E-state index is 10.1. The summed E-state index contributed by atoms with van der Waals surface area (Å²) in [6, 6.07) is 1.75. The van der Waals surface area contributed by atoms with Crippen molar-refractivity contribution in [3.63, 3.8) is 0 Å². The summed E-state index contributed by atoms with van der Waals surface area (Å²) in [5.74, 6) is 0. The van der Waals surface area contributed by atoms with Gasteiger partial charge in [-0.25, -0.2) is 0 Å². The number of aromatic nitrogens is 2. The first-order chi connectivity index (χ1) is 6.62. The molecule has 14 heavy (non-hydrogen) atoms.